The molecule has 1 heterocycles. The van der Waals surface area contributed by atoms with Crippen molar-refractivity contribution >= 4 is 17.2 Å². The first-order chi connectivity index (χ1) is 8.74. The molecule has 100 valence electrons. The van der Waals surface area contributed by atoms with E-state index < -0.39 is 0 Å². The summed E-state index contributed by atoms with van der Waals surface area (Å²) in [5, 5.41) is 14.6. The zero-order valence-corrected chi connectivity index (χ0v) is 11.4. The number of thiophene rings is 1. The van der Waals surface area contributed by atoms with Gasteiger partial charge in [-0.3, -0.25) is 4.79 Å². The van der Waals surface area contributed by atoms with Crippen LogP contribution in [0.4, 0.5) is 0 Å². The second-order valence-electron chi connectivity index (χ2n) is 5.07. The summed E-state index contributed by atoms with van der Waals surface area (Å²) in [6.45, 7) is 0.723. The Hall–Kier alpha value is -0.870. The van der Waals surface area contributed by atoms with E-state index in [9.17, 15) is 9.90 Å². The van der Waals surface area contributed by atoms with E-state index >= 15 is 0 Å². The van der Waals surface area contributed by atoms with Crippen molar-refractivity contribution in [3.8, 4) is 0 Å². The second-order valence-corrected chi connectivity index (χ2v) is 6.10. The van der Waals surface area contributed by atoms with E-state index in [0.29, 0.717) is 12.3 Å². The molecule has 2 atom stereocenters. The van der Waals surface area contributed by atoms with Gasteiger partial charge in [0.25, 0.3) is 0 Å². The highest BCUT2D eigenvalue weighted by atomic mass is 32.1. The highest BCUT2D eigenvalue weighted by molar-refractivity contribution is 7.09. The third-order valence-corrected chi connectivity index (χ3v) is 4.46. The number of carbonyl (C=O) groups is 1. The Labute approximate surface area is 112 Å². The Morgan fingerprint density at radius 1 is 1.50 bits per heavy atom. The van der Waals surface area contributed by atoms with Crippen LogP contribution in [-0.2, 0) is 11.2 Å². The predicted molar refractivity (Wildman–Crippen MR) is 73.6 cm³/mol. The lowest BCUT2D eigenvalue weighted by molar-refractivity contribution is -0.121. The van der Waals surface area contributed by atoms with Crippen molar-refractivity contribution in [1.29, 1.82) is 0 Å². The molecule has 0 spiro atoms. The van der Waals surface area contributed by atoms with Crippen LogP contribution < -0.4 is 5.32 Å². The lowest BCUT2D eigenvalue weighted by atomic mass is 9.87. The minimum absolute atomic E-state index is 0.128. The maximum atomic E-state index is 11.7. The molecule has 0 aromatic carbocycles. The minimum atomic E-state index is -0.160. The third kappa shape index (κ3) is 4.42. The molecule has 1 aromatic rings. The van der Waals surface area contributed by atoms with Crippen molar-refractivity contribution in [2.24, 2.45) is 5.92 Å². The van der Waals surface area contributed by atoms with Gasteiger partial charge in [-0.05, 0) is 43.0 Å². The summed E-state index contributed by atoms with van der Waals surface area (Å²) in [6, 6.07) is 4.08. The Bertz CT molecular complexity index is 364. The maximum Gasteiger partial charge on any atom is 0.220 e. The molecule has 4 heteroatoms. The highest BCUT2D eigenvalue weighted by Gasteiger charge is 2.20. The van der Waals surface area contributed by atoms with Crippen LogP contribution in [0.5, 0.6) is 0 Å². The molecule has 1 aromatic heterocycles. The Morgan fingerprint density at radius 2 is 2.39 bits per heavy atom. The lowest BCUT2D eigenvalue weighted by Gasteiger charge is -2.25. The molecular weight excluding hydrogens is 246 g/mol. The number of aliphatic hydroxyl groups excluding tert-OH is 1. The van der Waals surface area contributed by atoms with Crippen molar-refractivity contribution in [3.05, 3.63) is 22.4 Å². The predicted octanol–water partition coefficient (Wildman–Crippen LogP) is 2.35. The van der Waals surface area contributed by atoms with Crippen LogP contribution in [-0.4, -0.2) is 23.7 Å². The SMILES string of the molecule is O=C(CCc1cccs1)NCC1CCCC(O)C1. The van der Waals surface area contributed by atoms with Crippen LogP contribution in [0.25, 0.3) is 0 Å². The largest absolute Gasteiger partial charge is 0.393 e. The number of rotatable bonds is 5. The van der Waals surface area contributed by atoms with Crippen LogP contribution in [0.2, 0.25) is 0 Å². The second kappa shape index (κ2) is 6.90. The molecule has 0 radical (unpaired) electrons. The number of amides is 1. The van der Waals surface area contributed by atoms with Gasteiger partial charge in [-0.25, -0.2) is 0 Å². The quantitative estimate of drug-likeness (QED) is 0.860. The first kappa shape index (κ1) is 13.6. The van der Waals surface area contributed by atoms with Gasteiger partial charge in [0.15, 0.2) is 0 Å². The van der Waals surface area contributed by atoms with Crippen LogP contribution >= 0.6 is 11.3 Å². The van der Waals surface area contributed by atoms with Crippen molar-refractivity contribution < 1.29 is 9.90 Å². The van der Waals surface area contributed by atoms with Gasteiger partial charge in [0.2, 0.25) is 5.91 Å². The van der Waals surface area contributed by atoms with Gasteiger partial charge in [-0.2, -0.15) is 0 Å². The van der Waals surface area contributed by atoms with Crippen LogP contribution in [0.1, 0.15) is 37.0 Å². The van der Waals surface area contributed by atoms with Gasteiger partial charge in [-0.1, -0.05) is 12.5 Å². The van der Waals surface area contributed by atoms with Crippen LogP contribution in [0.3, 0.4) is 0 Å². The van der Waals surface area contributed by atoms with Crippen molar-refractivity contribution in [2.45, 2.75) is 44.6 Å². The standard InChI is InChI=1S/C14H21NO2S/c16-12-4-1-3-11(9-12)10-15-14(17)7-6-13-5-2-8-18-13/h2,5,8,11-12,16H,1,3-4,6-7,9-10H2,(H,15,17). The number of aliphatic hydroxyl groups is 1. The van der Waals surface area contributed by atoms with Crippen LogP contribution in [0, 0.1) is 5.92 Å². The smallest absolute Gasteiger partial charge is 0.220 e. The van der Waals surface area contributed by atoms with Gasteiger partial charge in [0.1, 0.15) is 0 Å². The lowest BCUT2D eigenvalue weighted by Crippen LogP contribution is -2.33. The molecule has 1 saturated carbocycles. The summed E-state index contributed by atoms with van der Waals surface area (Å²) in [5.41, 5.74) is 0. The van der Waals surface area contributed by atoms with E-state index in [-0.39, 0.29) is 12.0 Å². The Kier molecular flexibility index (Phi) is 5.20. The molecule has 2 N–H and O–H groups in total. The molecule has 0 saturated heterocycles. The summed E-state index contributed by atoms with van der Waals surface area (Å²) < 4.78 is 0. The van der Waals surface area contributed by atoms with E-state index in [0.717, 1.165) is 38.6 Å². The monoisotopic (exact) mass is 267 g/mol. The first-order valence-electron chi connectivity index (χ1n) is 6.71. The van der Waals surface area contributed by atoms with Crippen molar-refractivity contribution in [2.75, 3.05) is 6.54 Å². The Morgan fingerprint density at radius 3 is 3.11 bits per heavy atom. The zero-order valence-electron chi connectivity index (χ0n) is 10.6. The highest BCUT2D eigenvalue weighted by Crippen LogP contribution is 2.23. The molecule has 18 heavy (non-hydrogen) atoms. The van der Waals surface area contributed by atoms with E-state index in [2.05, 4.69) is 11.4 Å². The first-order valence-corrected chi connectivity index (χ1v) is 7.59. The topological polar surface area (TPSA) is 49.3 Å². The molecule has 2 unspecified atom stereocenters. The Balaban J connectivity index is 1.62. The number of hydrogen-bond donors (Lipinski definition) is 2. The average Bonchev–Trinajstić information content (AvgIpc) is 2.87. The van der Waals surface area contributed by atoms with Gasteiger partial charge >= 0.3 is 0 Å². The van der Waals surface area contributed by atoms with Gasteiger partial charge in [0, 0.05) is 17.8 Å². The number of hydrogen-bond acceptors (Lipinski definition) is 3. The van der Waals surface area contributed by atoms with Crippen LogP contribution in [0.15, 0.2) is 17.5 Å². The third-order valence-electron chi connectivity index (χ3n) is 3.52. The zero-order chi connectivity index (χ0) is 12.8. The molecule has 0 bridgehead atoms. The molecular formula is C14H21NO2S. The van der Waals surface area contributed by atoms with E-state index in [4.69, 9.17) is 0 Å². The number of nitrogens with one attached hydrogen (secondary N) is 1. The van der Waals surface area contributed by atoms with Crippen molar-refractivity contribution in [1.82, 2.24) is 5.32 Å². The molecule has 1 fully saturated rings. The summed E-state index contributed by atoms with van der Waals surface area (Å²) in [4.78, 5) is 13.0. The molecule has 2 rings (SSSR count). The number of carbonyl (C=O) groups excluding carboxylic acids is 1. The molecule has 3 nitrogen and oxygen atoms in total. The fraction of sp³-hybridized carbons (Fsp3) is 0.643. The molecule has 1 aliphatic rings. The summed E-state index contributed by atoms with van der Waals surface area (Å²) in [6.07, 6.45) is 5.20. The van der Waals surface area contributed by atoms with Crippen molar-refractivity contribution in [3.63, 3.8) is 0 Å². The van der Waals surface area contributed by atoms with E-state index in [1.54, 1.807) is 11.3 Å². The molecule has 0 aliphatic heterocycles. The van der Waals surface area contributed by atoms with Gasteiger partial charge < -0.3 is 10.4 Å². The summed E-state index contributed by atoms with van der Waals surface area (Å²) in [7, 11) is 0. The van der Waals surface area contributed by atoms with Gasteiger partial charge in [-0.15, -0.1) is 11.3 Å². The van der Waals surface area contributed by atoms with E-state index in [1.807, 2.05) is 11.4 Å². The maximum absolute atomic E-state index is 11.7. The average molecular weight is 267 g/mol. The summed E-state index contributed by atoms with van der Waals surface area (Å²) in [5.74, 6) is 0.586. The normalized spacial score (nSPS) is 23.8. The van der Waals surface area contributed by atoms with Gasteiger partial charge in [0.05, 0.1) is 6.10 Å². The fourth-order valence-corrected chi connectivity index (χ4v) is 3.20. The molecule has 1 amide bonds. The number of aryl methyl sites for hydroxylation is 1. The fourth-order valence-electron chi connectivity index (χ4n) is 2.49. The summed E-state index contributed by atoms with van der Waals surface area (Å²) >= 11 is 1.70. The minimum Gasteiger partial charge on any atom is -0.393 e. The molecule has 1 aliphatic carbocycles. The van der Waals surface area contributed by atoms with E-state index in [1.165, 1.54) is 4.88 Å².